The minimum Gasteiger partial charge on any atom is -0.496 e. The van der Waals surface area contributed by atoms with Gasteiger partial charge in [-0.1, -0.05) is 18.2 Å². The van der Waals surface area contributed by atoms with Crippen LogP contribution in [0.1, 0.15) is 16.7 Å². The van der Waals surface area contributed by atoms with Crippen LogP contribution < -0.4 is 20.9 Å². The summed E-state index contributed by atoms with van der Waals surface area (Å²) in [6, 6.07) is 10.4. The van der Waals surface area contributed by atoms with Crippen LogP contribution in [0.15, 0.2) is 42.5 Å². The fraction of sp³-hybridized carbons (Fsp3) is 0.300. The van der Waals surface area contributed by atoms with Gasteiger partial charge in [0, 0.05) is 5.56 Å². The third kappa shape index (κ3) is 5.97. The Balaban J connectivity index is 2.10. The number of rotatable bonds is 10. The molecular weight excluding hydrogens is 364 g/mol. The van der Waals surface area contributed by atoms with Crippen molar-refractivity contribution in [3.8, 4) is 11.5 Å². The second-order valence-electron chi connectivity index (χ2n) is 6.38. The maximum atomic E-state index is 11.0. The molecule has 6 N–H and O–H groups in total. The van der Waals surface area contributed by atoms with Gasteiger partial charge in [0.05, 0.1) is 7.11 Å². The predicted molar refractivity (Wildman–Crippen MR) is 102 cm³/mol. The summed E-state index contributed by atoms with van der Waals surface area (Å²) in [7, 11) is 1.54. The van der Waals surface area contributed by atoms with Crippen molar-refractivity contribution in [3.05, 3.63) is 59.2 Å². The maximum absolute atomic E-state index is 11.0. The molecule has 0 aliphatic rings. The van der Waals surface area contributed by atoms with E-state index in [1.807, 2.05) is 0 Å². The number of carboxylic acids is 2. The van der Waals surface area contributed by atoms with Gasteiger partial charge in [-0.2, -0.15) is 0 Å². The Bertz CT molecular complexity index is 839. The smallest absolute Gasteiger partial charge is 0.320 e. The lowest BCUT2D eigenvalue weighted by Gasteiger charge is -2.14. The highest BCUT2D eigenvalue weighted by Crippen LogP contribution is 2.23. The monoisotopic (exact) mass is 388 g/mol. The van der Waals surface area contributed by atoms with E-state index in [1.54, 1.807) is 42.5 Å². The van der Waals surface area contributed by atoms with Crippen molar-refractivity contribution in [3.63, 3.8) is 0 Å². The molecule has 8 nitrogen and oxygen atoms in total. The van der Waals surface area contributed by atoms with Crippen molar-refractivity contribution in [2.75, 3.05) is 7.11 Å². The van der Waals surface area contributed by atoms with E-state index in [0.29, 0.717) is 11.5 Å². The lowest BCUT2D eigenvalue weighted by Crippen LogP contribution is -2.32. The summed E-state index contributed by atoms with van der Waals surface area (Å²) < 4.78 is 11.1. The fourth-order valence-corrected chi connectivity index (χ4v) is 2.68. The SMILES string of the molecule is COc1ccc(CC(N)C(=O)O)cc1COc1cccc(CC(N)C(=O)O)c1. The minimum absolute atomic E-state index is 0.188. The van der Waals surface area contributed by atoms with E-state index >= 15 is 0 Å². The van der Waals surface area contributed by atoms with Gasteiger partial charge in [0.1, 0.15) is 30.2 Å². The number of carbonyl (C=O) groups is 2. The van der Waals surface area contributed by atoms with E-state index in [4.69, 9.17) is 31.2 Å². The van der Waals surface area contributed by atoms with Gasteiger partial charge in [0.25, 0.3) is 0 Å². The Hall–Kier alpha value is -3.10. The summed E-state index contributed by atoms with van der Waals surface area (Å²) in [6.45, 7) is 0.188. The number of aliphatic carboxylic acids is 2. The number of nitrogens with two attached hydrogens (primary N) is 2. The molecule has 0 aliphatic carbocycles. The molecule has 0 aliphatic heterocycles. The van der Waals surface area contributed by atoms with Gasteiger partial charge in [-0.25, -0.2) is 0 Å². The Labute approximate surface area is 162 Å². The summed E-state index contributed by atoms with van der Waals surface area (Å²) in [5, 5.41) is 17.9. The summed E-state index contributed by atoms with van der Waals surface area (Å²) in [5.74, 6) is -0.959. The van der Waals surface area contributed by atoms with Crippen molar-refractivity contribution in [1.29, 1.82) is 0 Å². The summed E-state index contributed by atoms with van der Waals surface area (Å²) in [4.78, 5) is 21.9. The number of methoxy groups -OCH3 is 1. The topological polar surface area (TPSA) is 145 Å². The molecule has 2 aromatic carbocycles. The van der Waals surface area contributed by atoms with E-state index < -0.39 is 24.0 Å². The van der Waals surface area contributed by atoms with Crippen LogP contribution in [0.3, 0.4) is 0 Å². The molecule has 0 radical (unpaired) electrons. The molecule has 2 rings (SSSR count). The van der Waals surface area contributed by atoms with Gasteiger partial charge in [-0.05, 0) is 48.2 Å². The number of carboxylic acid groups (broad SMARTS) is 2. The minimum atomic E-state index is -1.06. The van der Waals surface area contributed by atoms with Crippen molar-refractivity contribution < 1.29 is 29.3 Å². The Morgan fingerprint density at radius 3 is 2.14 bits per heavy atom. The van der Waals surface area contributed by atoms with E-state index in [1.165, 1.54) is 7.11 Å². The van der Waals surface area contributed by atoms with Gasteiger partial charge in [-0.3, -0.25) is 9.59 Å². The quantitative estimate of drug-likeness (QED) is 0.475. The number of benzene rings is 2. The number of ether oxygens (including phenoxy) is 2. The molecule has 0 aromatic heterocycles. The predicted octanol–water partition coefficient (Wildman–Crippen LogP) is 1.18. The third-order valence-corrected chi connectivity index (χ3v) is 4.18. The molecular formula is C20H24N2O6. The average molecular weight is 388 g/mol. The Morgan fingerprint density at radius 2 is 1.57 bits per heavy atom. The molecule has 0 saturated heterocycles. The molecule has 0 amide bonds. The van der Waals surface area contributed by atoms with E-state index in [9.17, 15) is 9.59 Å². The van der Waals surface area contributed by atoms with Crippen LogP contribution in [0.2, 0.25) is 0 Å². The zero-order valence-electron chi connectivity index (χ0n) is 15.5. The maximum Gasteiger partial charge on any atom is 0.320 e. The highest BCUT2D eigenvalue weighted by atomic mass is 16.5. The molecule has 2 unspecified atom stereocenters. The molecule has 0 fully saturated rings. The van der Waals surface area contributed by atoms with E-state index in [0.717, 1.165) is 16.7 Å². The first-order chi connectivity index (χ1) is 13.3. The largest absolute Gasteiger partial charge is 0.496 e. The van der Waals surface area contributed by atoms with E-state index in [-0.39, 0.29) is 19.4 Å². The van der Waals surface area contributed by atoms with Gasteiger partial charge in [-0.15, -0.1) is 0 Å². The Kier molecular flexibility index (Phi) is 7.36. The van der Waals surface area contributed by atoms with Crippen LogP contribution in [0.5, 0.6) is 11.5 Å². The molecule has 2 atom stereocenters. The molecule has 28 heavy (non-hydrogen) atoms. The van der Waals surface area contributed by atoms with Crippen molar-refractivity contribution in [2.45, 2.75) is 31.5 Å². The van der Waals surface area contributed by atoms with Crippen LogP contribution in [-0.2, 0) is 29.0 Å². The molecule has 0 spiro atoms. The van der Waals surface area contributed by atoms with Crippen molar-refractivity contribution >= 4 is 11.9 Å². The normalized spacial score (nSPS) is 12.8. The first kappa shape index (κ1) is 21.2. The second kappa shape index (κ2) is 9.72. The van der Waals surface area contributed by atoms with Crippen LogP contribution in [0, 0.1) is 0 Å². The summed E-state index contributed by atoms with van der Waals surface area (Å²) >= 11 is 0. The second-order valence-corrected chi connectivity index (χ2v) is 6.38. The first-order valence-electron chi connectivity index (χ1n) is 8.64. The zero-order chi connectivity index (χ0) is 20.7. The highest BCUT2D eigenvalue weighted by molar-refractivity contribution is 5.74. The highest BCUT2D eigenvalue weighted by Gasteiger charge is 2.15. The molecule has 2 aromatic rings. The van der Waals surface area contributed by atoms with Gasteiger partial charge in [0.15, 0.2) is 0 Å². The molecule has 0 heterocycles. The summed E-state index contributed by atoms with van der Waals surface area (Å²) in [5.41, 5.74) is 13.4. The van der Waals surface area contributed by atoms with E-state index in [2.05, 4.69) is 0 Å². The van der Waals surface area contributed by atoms with Crippen molar-refractivity contribution in [2.24, 2.45) is 11.5 Å². The average Bonchev–Trinajstić information content (AvgIpc) is 2.66. The molecule has 150 valence electrons. The van der Waals surface area contributed by atoms with Crippen LogP contribution in [0.25, 0.3) is 0 Å². The standard InChI is InChI=1S/C20H24N2O6/c1-27-18-6-5-13(10-17(22)20(25)26)7-14(18)11-28-15-4-2-3-12(8-15)9-16(21)19(23)24/h2-8,16-17H,9-11,21-22H2,1H3,(H,23,24)(H,25,26). The molecule has 8 heteroatoms. The first-order valence-corrected chi connectivity index (χ1v) is 8.64. The van der Waals surface area contributed by atoms with Crippen LogP contribution >= 0.6 is 0 Å². The lowest BCUT2D eigenvalue weighted by molar-refractivity contribution is -0.139. The molecule has 0 saturated carbocycles. The summed E-state index contributed by atoms with van der Waals surface area (Å²) in [6.07, 6.45) is 0.382. The lowest BCUT2D eigenvalue weighted by atomic mass is 10.0. The van der Waals surface area contributed by atoms with Gasteiger partial charge >= 0.3 is 11.9 Å². The number of hydrogen-bond acceptors (Lipinski definition) is 6. The zero-order valence-corrected chi connectivity index (χ0v) is 15.5. The van der Waals surface area contributed by atoms with Crippen LogP contribution in [-0.4, -0.2) is 41.3 Å². The molecule has 0 bridgehead atoms. The Morgan fingerprint density at radius 1 is 0.964 bits per heavy atom. The third-order valence-electron chi connectivity index (χ3n) is 4.18. The van der Waals surface area contributed by atoms with Gasteiger partial charge in [0.2, 0.25) is 0 Å². The number of hydrogen-bond donors (Lipinski definition) is 4. The van der Waals surface area contributed by atoms with Crippen LogP contribution in [0.4, 0.5) is 0 Å². The van der Waals surface area contributed by atoms with Crippen molar-refractivity contribution in [1.82, 2.24) is 0 Å². The van der Waals surface area contributed by atoms with Gasteiger partial charge < -0.3 is 31.2 Å². The fourth-order valence-electron chi connectivity index (χ4n) is 2.68.